The van der Waals surface area contributed by atoms with Gasteiger partial charge in [-0.1, -0.05) is 0 Å². The molecule has 0 spiro atoms. The van der Waals surface area contributed by atoms with Crippen LogP contribution in [0.1, 0.15) is 11.1 Å². The van der Waals surface area contributed by atoms with Gasteiger partial charge in [-0.25, -0.2) is 4.79 Å². The van der Waals surface area contributed by atoms with Crippen molar-refractivity contribution in [1.82, 2.24) is 0 Å². The summed E-state index contributed by atoms with van der Waals surface area (Å²) in [6.07, 6.45) is 2.68. The first kappa shape index (κ1) is 16.8. The van der Waals surface area contributed by atoms with Crippen molar-refractivity contribution in [3.63, 3.8) is 0 Å². The highest BCUT2D eigenvalue weighted by molar-refractivity contribution is 5.87. The maximum atomic E-state index is 11.6. The van der Waals surface area contributed by atoms with E-state index in [0.717, 1.165) is 0 Å². The average molecular weight is 328 g/mol. The summed E-state index contributed by atoms with van der Waals surface area (Å²) >= 11 is 0. The van der Waals surface area contributed by atoms with Crippen molar-refractivity contribution in [2.75, 3.05) is 0 Å². The normalized spacial score (nSPS) is 10.5. The molecule has 0 heterocycles. The van der Waals surface area contributed by atoms with E-state index in [1.165, 1.54) is 60.7 Å². The van der Waals surface area contributed by atoms with Crippen LogP contribution in [0.15, 0.2) is 54.6 Å². The Hall–Kier alpha value is -3.55. The summed E-state index contributed by atoms with van der Waals surface area (Å²) in [7, 11) is 0. The highest BCUT2D eigenvalue weighted by Crippen LogP contribution is 2.14. The largest absolute Gasteiger partial charge is 0.458 e. The molecule has 8 nitrogen and oxygen atoms in total. The lowest BCUT2D eigenvalue weighted by molar-refractivity contribution is -0.385. The van der Waals surface area contributed by atoms with Crippen LogP contribution in [0.5, 0.6) is 0 Å². The van der Waals surface area contributed by atoms with Crippen LogP contribution in [-0.4, -0.2) is 15.8 Å². The van der Waals surface area contributed by atoms with Gasteiger partial charge in [0.1, 0.15) is 6.61 Å². The van der Waals surface area contributed by atoms with Crippen molar-refractivity contribution in [3.05, 3.63) is 86.0 Å². The number of hydrogen-bond acceptors (Lipinski definition) is 6. The topological polar surface area (TPSA) is 113 Å². The summed E-state index contributed by atoms with van der Waals surface area (Å²) in [6.45, 7) is -0.0125. The summed E-state index contributed by atoms with van der Waals surface area (Å²) in [5.41, 5.74) is 1.17. The number of ether oxygens (including phenoxy) is 1. The van der Waals surface area contributed by atoms with Gasteiger partial charge >= 0.3 is 5.97 Å². The number of rotatable bonds is 6. The summed E-state index contributed by atoms with van der Waals surface area (Å²) in [4.78, 5) is 31.7. The second-order valence-corrected chi connectivity index (χ2v) is 4.71. The van der Waals surface area contributed by atoms with E-state index in [-0.39, 0.29) is 18.0 Å². The molecule has 8 heteroatoms. The van der Waals surface area contributed by atoms with E-state index >= 15 is 0 Å². The van der Waals surface area contributed by atoms with Gasteiger partial charge in [-0.2, -0.15) is 0 Å². The maximum Gasteiger partial charge on any atom is 0.331 e. The third kappa shape index (κ3) is 4.73. The fourth-order valence-corrected chi connectivity index (χ4v) is 1.79. The molecule has 0 fully saturated rings. The number of nitrogens with zero attached hydrogens (tertiary/aromatic N) is 2. The fraction of sp³-hybridized carbons (Fsp3) is 0.0625. The number of carbonyl (C=O) groups excluding carboxylic acids is 1. The van der Waals surface area contributed by atoms with Crippen molar-refractivity contribution in [2.45, 2.75) is 6.61 Å². The molecule has 122 valence electrons. The van der Waals surface area contributed by atoms with Gasteiger partial charge in [0.25, 0.3) is 11.4 Å². The molecule has 2 rings (SSSR count). The Kier molecular flexibility index (Phi) is 5.35. The van der Waals surface area contributed by atoms with Crippen LogP contribution in [0.25, 0.3) is 6.08 Å². The van der Waals surface area contributed by atoms with Crippen LogP contribution in [0, 0.1) is 20.2 Å². The summed E-state index contributed by atoms with van der Waals surface area (Å²) < 4.78 is 5.01. The lowest BCUT2D eigenvalue weighted by atomic mass is 10.2. The molecular weight excluding hydrogens is 316 g/mol. The van der Waals surface area contributed by atoms with Gasteiger partial charge in [-0.15, -0.1) is 0 Å². The fourth-order valence-electron chi connectivity index (χ4n) is 1.79. The Balaban J connectivity index is 1.88. The zero-order chi connectivity index (χ0) is 17.5. The highest BCUT2D eigenvalue weighted by atomic mass is 16.6. The molecule has 0 aromatic heterocycles. The van der Waals surface area contributed by atoms with Gasteiger partial charge in [0.2, 0.25) is 0 Å². The molecule has 24 heavy (non-hydrogen) atoms. The van der Waals surface area contributed by atoms with Gasteiger partial charge in [0.05, 0.1) is 9.85 Å². The molecule has 0 radical (unpaired) electrons. The predicted molar refractivity (Wildman–Crippen MR) is 85.0 cm³/mol. The van der Waals surface area contributed by atoms with E-state index < -0.39 is 15.8 Å². The van der Waals surface area contributed by atoms with Gasteiger partial charge in [-0.05, 0) is 41.5 Å². The van der Waals surface area contributed by atoms with Gasteiger partial charge < -0.3 is 4.74 Å². The quantitative estimate of drug-likeness (QED) is 0.348. The SMILES string of the molecule is O=C(/C=C/c1ccc([N+](=O)[O-])cc1)OCc1ccc([N+](=O)[O-])cc1. The molecule has 0 aliphatic heterocycles. The molecule has 0 unspecified atom stereocenters. The second-order valence-electron chi connectivity index (χ2n) is 4.71. The van der Waals surface area contributed by atoms with Gasteiger partial charge in [-0.3, -0.25) is 20.2 Å². The zero-order valence-corrected chi connectivity index (χ0v) is 12.3. The molecule has 0 atom stereocenters. The smallest absolute Gasteiger partial charge is 0.331 e. The first-order valence-corrected chi connectivity index (χ1v) is 6.78. The highest BCUT2D eigenvalue weighted by Gasteiger charge is 2.05. The molecule has 0 bridgehead atoms. The van der Waals surface area contributed by atoms with Crippen molar-refractivity contribution in [3.8, 4) is 0 Å². The van der Waals surface area contributed by atoms with Crippen LogP contribution in [0.2, 0.25) is 0 Å². The first-order chi connectivity index (χ1) is 11.5. The number of hydrogen-bond donors (Lipinski definition) is 0. The minimum atomic E-state index is -0.591. The van der Waals surface area contributed by atoms with Crippen molar-refractivity contribution in [1.29, 1.82) is 0 Å². The number of benzene rings is 2. The first-order valence-electron chi connectivity index (χ1n) is 6.78. The van der Waals surface area contributed by atoms with E-state index in [4.69, 9.17) is 4.74 Å². The van der Waals surface area contributed by atoms with Crippen molar-refractivity contribution >= 4 is 23.4 Å². The molecule has 0 aliphatic rings. The molecular formula is C16H12N2O6. The second kappa shape index (κ2) is 7.63. The molecule has 0 amide bonds. The van der Waals surface area contributed by atoms with Crippen LogP contribution >= 0.6 is 0 Å². The predicted octanol–water partition coefficient (Wildman–Crippen LogP) is 3.26. The molecule has 2 aromatic rings. The number of esters is 1. The molecule has 0 saturated carbocycles. The van der Waals surface area contributed by atoms with Crippen LogP contribution in [0.4, 0.5) is 11.4 Å². The third-order valence-corrected chi connectivity index (χ3v) is 3.04. The van der Waals surface area contributed by atoms with Crippen molar-refractivity contribution in [2.24, 2.45) is 0 Å². The Morgan fingerprint density at radius 2 is 1.42 bits per heavy atom. The zero-order valence-electron chi connectivity index (χ0n) is 12.3. The van der Waals surface area contributed by atoms with E-state index in [9.17, 15) is 25.0 Å². The lowest BCUT2D eigenvalue weighted by Crippen LogP contribution is -2.00. The standard InChI is InChI=1S/C16H12N2O6/c19-16(10-5-12-1-6-14(7-2-12)17(20)21)24-11-13-3-8-15(9-4-13)18(22)23/h1-10H,11H2/b10-5+. The summed E-state index contributed by atoms with van der Waals surface area (Å²) in [5, 5.41) is 21.1. The number of non-ortho nitro benzene ring substituents is 2. The lowest BCUT2D eigenvalue weighted by Gasteiger charge is -2.02. The van der Waals surface area contributed by atoms with E-state index in [2.05, 4.69) is 0 Å². The van der Waals surface area contributed by atoms with Crippen molar-refractivity contribution < 1.29 is 19.4 Å². The third-order valence-electron chi connectivity index (χ3n) is 3.04. The molecule has 0 aliphatic carbocycles. The Bertz CT molecular complexity index is 781. The van der Waals surface area contributed by atoms with E-state index in [1.54, 1.807) is 0 Å². The van der Waals surface area contributed by atoms with Gasteiger partial charge in [0, 0.05) is 30.3 Å². The minimum absolute atomic E-state index is 0.0125. The summed E-state index contributed by atoms with van der Waals surface area (Å²) in [5.74, 6) is -0.591. The summed E-state index contributed by atoms with van der Waals surface area (Å²) in [6, 6.07) is 11.4. The Labute approximate surface area is 136 Å². The Morgan fingerprint density at radius 3 is 1.92 bits per heavy atom. The molecule has 0 N–H and O–H groups in total. The van der Waals surface area contributed by atoms with Gasteiger partial charge in [0.15, 0.2) is 0 Å². The van der Waals surface area contributed by atoms with E-state index in [0.29, 0.717) is 11.1 Å². The number of nitro groups is 2. The minimum Gasteiger partial charge on any atom is -0.458 e. The average Bonchev–Trinajstić information content (AvgIpc) is 2.58. The van der Waals surface area contributed by atoms with Crippen LogP contribution in [0.3, 0.4) is 0 Å². The molecule has 0 saturated heterocycles. The Morgan fingerprint density at radius 1 is 0.917 bits per heavy atom. The monoisotopic (exact) mass is 328 g/mol. The number of nitro benzene ring substituents is 2. The maximum absolute atomic E-state index is 11.6. The van der Waals surface area contributed by atoms with Crippen LogP contribution in [-0.2, 0) is 16.1 Å². The molecule has 2 aromatic carbocycles. The van der Waals surface area contributed by atoms with Crippen LogP contribution < -0.4 is 0 Å². The van der Waals surface area contributed by atoms with E-state index in [1.807, 2.05) is 0 Å². The number of carbonyl (C=O) groups is 1.